The van der Waals surface area contributed by atoms with Gasteiger partial charge < -0.3 is 15.0 Å². The van der Waals surface area contributed by atoms with Gasteiger partial charge in [-0.2, -0.15) is 0 Å². The second kappa shape index (κ2) is 7.07. The summed E-state index contributed by atoms with van der Waals surface area (Å²) in [6.45, 7) is 14.6. The van der Waals surface area contributed by atoms with Gasteiger partial charge in [0.2, 0.25) is 0 Å². The highest BCUT2D eigenvalue weighted by molar-refractivity contribution is 7.15. The molecule has 1 saturated heterocycles. The van der Waals surface area contributed by atoms with Gasteiger partial charge in [0.25, 0.3) is 0 Å². The normalized spacial score (nSPS) is 20.0. The first-order chi connectivity index (χ1) is 9.89. The smallest absolute Gasteiger partial charge is 0.185 e. The molecule has 1 aromatic rings. The fourth-order valence-corrected chi connectivity index (χ4v) is 3.58. The molecular formula is C16H29N3OS. The molecule has 1 atom stereocenters. The summed E-state index contributed by atoms with van der Waals surface area (Å²) in [6.07, 6.45) is 2.73. The summed E-state index contributed by atoms with van der Waals surface area (Å²) in [5.74, 6) is 0. The number of piperidine rings is 1. The average molecular weight is 311 g/mol. The maximum absolute atomic E-state index is 5.79. The first-order valence-corrected chi connectivity index (χ1v) is 8.78. The molecule has 0 bridgehead atoms. The van der Waals surface area contributed by atoms with Crippen molar-refractivity contribution in [3.8, 4) is 0 Å². The number of hydrogen-bond donors (Lipinski definition) is 1. The fraction of sp³-hybridized carbons (Fsp3) is 0.812. The van der Waals surface area contributed by atoms with Crippen LogP contribution < -0.4 is 10.2 Å². The zero-order valence-electron chi connectivity index (χ0n) is 14.0. The van der Waals surface area contributed by atoms with Crippen molar-refractivity contribution < 1.29 is 4.74 Å². The molecule has 21 heavy (non-hydrogen) atoms. The zero-order chi connectivity index (χ0) is 15.5. The molecule has 1 aromatic heterocycles. The summed E-state index contributed by atoms with van der Waals surface area (Å²) in [7, 11) is 0. The first-order valence-electron chi connectivity index (χ1n) is 7.97. The SMILES string of the molecule is CCOC1CCCN(c2nc(C)c(CNC(C)(C)C)s2)C1. The lowest BCUT2D eigenvalue weighted by atomic mass is 10.1. The third-order valence-corrected chi connectivity index (χ3v) is 4.93. The van der Waals surface area contributed by atoms with E-state index in [2.05, 4.69) is 44.8 Å². The van der Waals surface area contributed by atoms with Crippen LogP contribution in [0.1, 0.15) is 51.1 Å². The zero-order valence-corrected chi connectivity index (χ0v) is 14.8. The maximum Gasteiger partial charge on any atom is 0.185 e. The average Bonchev–Trinajstić information content (AvgIpc) is 2.78. The maximum atomic E-state index is 5.79. The van der Waals surface area contributed by atoms with Crippen LogP contribution in [0.25, 0.3) is 0 Å². The third kappa shape index (κ3) is 4.94. The van der Waals surface area contributed by atoms with Crippen LogP contribution >= 0.6 is 11.3 Å². The van der Waals surface area contributed by atoms with Crippen molar-refractivity contribution in [2.24, 2.45) is 0 Å². The van der Waals surface area contributed by atoms with Gasteiger partial charge in [-0.1, -0.05) is 0 Å². The molecule has 0 aliphatic carbocycles. The number of anilines is 1. The van der Waals surface area contributed by atoms with E-state index < -0.39 is 0 Å². The molecule has 4 nitrogen and oxygen atoms in total. The Bertz CT molecular complexity index is 451. The predicted molar refractivity (Wildman–Crippen MR) is 90.3 cm³/mol. The summed E-state index contributed by atoms with van der Waals surface area (Å²) < 4.78 is 5.79. The molecular weight excluding hydrogens is 282 g/mol. The van der Waals surface area contributed by atoms with Gasteiger partial charge in [0.1, 0.15) is 0 Å². The van der Waals surface area contributed by atoms with E-state index in [1.165, 1.54) is 17.7 Å². The van der Waals surface area contributed by atoms with E-state index in [1.807, 2.05) is 11.3 Å². The second-order valence-electron chi connectivity index (χ2n) is 6.77. The Morgan fingerprint density at radius 1 is 1.43 bits per heavy atom. The van der Waals surface area contributed by atoms with Gasteiger partial charge in [-0.05, 0) is 47.5 Å². The lowest BCUT2D eigenvalue weighted by molar-refractivity contribution is 0.0526. The Morgan fingerprint density at radius 2 is 2.19 bits per heavy atom. The number of aromatic nitrogens is 1. The topological polar surface area (TPSA) is 37.4 Å². The summed E-state index contributed by atoms with van der Waals surface area (Å²) in [5, 5.41) is 4.71. The van der Waals surface area contributed by atoms with Gasteiger partial charge in [-0.25, -0.2) is 4.98 Å². The van der Waals surface area contributed by atoms with Crippen LogP contribution in [0.2, 0.25) is 0 Å². The molecule has 1 N–H and O–H groups in total. The molecule has 5 heteroatoms. The van der Waals surface area contributed by atoms with Crippen molar-refractivity contribution in [1.29, 1.82) is 0 Å². The van der Waals surface area contributed by atoms with Crippen molar-refractivity contribution in [2.75, 3.05) is 24.6 Å². The largest absolute Gasteiger partial charge is 0.377 e. The Kier molecular flexibility index (Phi) is 5.63. The number of nitrogens with zero attached hydrogens (tertiary/aromatic N) is 2. The molecule has 0 spiro atoms. The Hall–Kier alpha value is -0.650. The van der Waals surface area contributed by atoms with Gasteiger partial charge in [-0.3, -0.25) is 0 Å². The van der Waals surface area contributed by atoms with Crippen LogP contribution in [0.5, 0.6) is 0 Å². The predicted octanol–water partition coefficient (Wildman–Crippen LogP) is 3.34. The van der Waals surface area contributed by atoms with Crippen LogP contribution in [0.15, 0.2) is 0 Å². The number of aryl methyl sites for hydroxylation is 1. The molecule has 120 valence electrons. The number of rotatable bonds is 5. The molecule has 0 radical (unpaired) electrons. The number of nitrogens with one attached hydrogen (secondary N) is 1. The van der Waals surface area contributed by atoms with Crippen LogP contribution in [0, 0.1) is 6.92 Å². The highest BCUT2D eigenvalue weighted by Gasteiger charge is 2.23. The Balaban J connectivity index is 2.00. The van der Waals surface area contributed by atoms with Crippen molar-refractivity contribution >= 4 is 16.5 Å². The van der Waals surface area contributed by atoms with Gasteiger partial charge in [0.05, 0.1) is 11.8 Å². The lowest BCUT2D eigenvalue weighted by Crippen LogP contribution is -2.39. The van der Waals surface area contributed by atoms with Crippen molar-refractivity contribution in [2.45, 2.75) is 65.6 Å². The van der Waals surface area contributed by atoms with Gasteiger partial charge >= 0.3 is 0 Å². The van der Waals surface area contributed by atoms with Crippen LogP contribution in [0.3, 0.4) is 0 Å². The minimum Gasteiger partial charge on any atom is -0.377 e. The number of ether oxygens (including phenoxy) is 1. The molecule has 2 rings (SSSR count). The molecule has 1 aliphatic rings. The fourth-order valence-electron chi connectivity index (χ4n) is 2.54. The summed E-state index contributed by atoms with van der Waals surface area (Å²) in [5.41, 5.74) is 1.30. The molecule has 0 aromatic carbocycles. The van der Waals surface area contributed by atoms with Crippen LogP contribution in [0.4, 0.5) is 5.13 Å². The second-order valence-corrected chi connectivity index (χ2v) is 7.84. The van der Waals surface area contributed by atoms with E-state index in [1.54, 1.807) is 0 Å². The molecule has 2 heterocycles. The van der Waals surface area contributed by atoms with E-state index >= 15 is 0 Å². The Labute approximate surface area is 132 Å². The van der Waals surface area contributed by atoms with E-state index in [0.717, 1.165) is 37.1 Å². The summed E-state index contributed by atoms with van der Waals surface area (Å²) in [6, 6.07) is 0. The standard InChI is InChI=1S/C16H29N3OS/c1-6-20-13-8-7-9-19(11-13)15-18-12(2)14(21-15)10-17-16(3,4)5/h13,17H,6-11H2,1-5H3. The molecule has 0 saturated carbocycles. The van der Waals surface area contributed by atoms with E-state index in [9.17, 15) is 0 Å². The minimum atomic E-state index is 0.141. The van der Waals surface area contributed by atoms with Crippen LogP contribution in [-0.4, -0.2) is 36.3 Å². The van der Waals surface area contributed by atoms with Gasteiger partial charge in [0.15, 0.2) is 5.13 Å². The minimum absolute atomic E-state index is 0.141. The molecule has 1 aliphatic heterocycles. The van der Waals surface area contributed by atoms with Crippen LogP contribution in [-0.2, 0) is 11.3 Å². The van der Waals surface area contributed by atoms with Crippen molar-refractivity contribution in [3.63, 3.8) is 0 Å². The molecule has 1 fully saturated rings. The third-order valence-electron chi connectivity index (χ3n) is 3.71. The summed E-state index contributed by atoms with van der Waals surface area (Å²) in [4.78, 5) is 8.52. The number of thiazole rings is 1. The quantitative estimate of drug-likeness (QED) is 0.905. The first kappa shape index (κ1) is 16.7. The monoisotopic (exact) mass is 311 g/mol. The molecule has 1 unspecified atom stereocenters. The highest BCUT2D eigenvalue weighted by atomic mass is 32.1. The lowest BCUT2D eigenvalue weighted by Gasteiger charge is -2.32. The highest BCUT2D eigenvalue weighted by Crippen LogP contribution is 2.29. The van der Waals surface area contributed by atoms with Crippen molar-refractivity contribution in [3.05, 3.63) is 10.6 Å². The number of hydrogen-bond acceptors (Lipinski definition) is 5. The Morgan fingerprint density at radius 3 is 2.86 bits per heavy atom. The van der Waals surface area contributed by atoms with Crippen molar-refractivity contribution in [1.82, 2.24) is 10.3 Å². The van der Waals surface area contributed by atoms with E-state index in [-0.39, 0.29) is 5.54 Å². The van der Waals surface area contributed by atoms with Gasteiger partial charge in [0, 0.05) is 36.7 Å². The molecule has 0 amide bonds. The van der Waals surface area contributed by atoms with Gasteiger partial charge in [-0.15, -0.1) is 11.3 Å². The van der Waals surface area contributed by atoms with E-state index in [4.69, 9.17) is 9.72 Å². The summed E-state index contributed by atoms with van der Waals surface area (Å²) >= 11 is 1.82. The van der Waals surface area contributed by atoms with E-state index in [0.29, 0.717) is 6.10 Å².